The summed E-state index contributed by atoms with van der Waals surface area (Å²) in [5, 5.41) is 18.7. The number of hydrogen-bond donors (Lipinski definition) is 2. The standard InChI is InChI=1S/C22H29N3O3/c1-21(2,3)19-11-18(23-24-19)20(26)25-12-14-9-10-22(27,17(14)13-25)15-5-7-16(28-4)8-6-15/h5-8,11,14,17,27H,9-10,12-13H2,1-4H3,(H,23,24)/t14-,17+,22+/m1/s1. The van der Waals surface area contributed by atoms with Gasteiger partial charge in [0, 0.05) is 30.1 Å². The molecule has 1 aromatic carbocycles. The zero-order chi connectivity index (χ0) is 20.1. The van der Waals surface area contributed by atoms with E-state index >= 15 is 0 Å². The minimum Gasteiger partial charge on any atom is -0.497 e. The fourth-order valence-corrected chi connectivity index (χ4v) is 4.68. The number of ether oxygens (including phenoxy) is 1. The van der Waals surface area contributed by atoms with E-state index in [-0.39, 0.29) is 17.2 Å². The molecule has 2 fully saturated rings. The van der Waals surface area contributed by atoms with Crippen molar-refractivity contribution in [3.8, 4) is 5.75 Å². The largest absolute Gasteiger partial charge is 0.497 e. The van der Waals surface area contributed by atoms with Crippen molar-refractivity contribution in [2.75, 3.05) is 20.2 Å². The van der Waals surface area contributed by atoms with Gasteiger partial charge in [-0.1, -0.05) is 32.9 Å². The molecule has 1 aliphatic carbocycles. The molecule has 3 atom stereocenters. The number of carbonyl (C=O) groups excluding carboxylic acids is 1. The lowest BCUT2D eigenvalue weighted by atomic mass is 9.82. The van der Waals surface area contributed by atoms with E-state index in [4.69, 9.17) is 4.74 Å². The van der Waals surface area contributed by atoms with Crippen LogP contribution < -0.4 is 4.74 Å². The van der Waals surface area contributed by atoms with Gasteiger partial charge in [0.05, 0.1) is 12.7 Å². The molecule has 2 aromatic rings. The maximum atomic E-state index is 13.0. The lowest BCUT2D eigenvalue weighted by Gasteiger charge is -2.30. The van der Waals surface area contributed by atoms with Crippen LogP contribution in [0, 0.1) is 11.8 Å². The number of likely N-dealkylation sites (tertiary alicyclic amines) is 1. The summed E-state index contributed by atoms with van der Waals surface area (Å²) in [5.74, 6) is 1.08. The van der Waals surface area contributed by atoms with Gasteiger partial charge < -0.3 is 14.7 Å². The van der Waals surface area contributed by atoms with Crippen LogP contribution >= 0.6 is 0 Å². The van der Waals surface area contributed by atoms with Crippen molar-refractivity contribution < 1.29 is 14.6 Å². The average molecular weight is 383 g/mol. The lowest BCUT2D eigenvalue weighted by molar-refractivity contribution is -0.00594. The first-order chi connectivity index (χ1) is 13.2. The fraction of sp³-hybridized carbons (Fsp3) is 0.545. The molecule has 1 saturated carbocycles. The van der Waals surface area contributed by atoms with Crippen molar-refractivity contribution >= 4 is 5.91 Å². The molecule has 28 heavy (non-hydrogen) atoms. The van der Waals surface area contributed by atoms with E-state index in [1.807, 2.05) is 35.2 Å². The summed E-state index contributed by atoms with van der Waals surface area (Å²) in [6.45, 7) is 7.50. The molecule has 1 aliphatic heterocycles. The second-order valence-electron chi connectivity index (χ2n) is 9.18. The van der Waals surface area contributed by atoms with E-state index in [2.05, 4.69) is 31.0 Å². The molecular formula is C22H29N3O3. The first-order valence-electron chi connectivity index (χ1n) is 9.94. The van der Waals surface area contributed by atoms with Gasteiger partial charge in [-0.25, -0.2) is 0 Å². The Morgan fingerprint density at radius 2 is 2.00 bits per heavy atom. The Labute approximate surface area is 165 Å². The number of fused-ring (bicyclic) bond motifs is 1. The third kappa shape index (κ3) is 3.09. The summed E-state index contributed by atoms with van der Waals surface area (Å²) in [4.78, 5) is 14.8. The normalized spacial score (nSPS) is 27.1. The summed E-state index contributed by atoms with van der Waals surface area (Å²) in [6.07, 6.45) is 1.65. The predicted octanol–water partition coefficient (Wildman–Crippen LogP) is 3.09. The van der Waals surface area contributed by atoms with E-state index < -0.39 is 5.60 Å². The van der Waals surface area contributed by atoms with Gasteiger partial charge in [0.1, 0.15) is 11.4 Å². The van der Waals surface area contributed by atoms with Crippen LogP contribution in [-0.2, 0) is 11.0 Å². The first-order valence-corrected chi connectivity index (χ1v) is 9.94. The number of rotatable bonds is 3. The lowest BCUT2D eigenvalue weighted by Crippen LogP contribution is -2.36. The fourth-order valence-electron chi connectivity index (χ4n) is 4.68. The van der Waals surface area contributed by atoms with Crippen LogP contribution in [0.3, 0.4) is 0 Å². The zero-order valence-corrected chi connectivity index (χ0v) is 17.0. The number of methoxy groups -OCH3 is 1. The van der Waals surface area contributed by atoms with Crippen LogP contribution in [0.15, 0.2) is 30.3 Å². The number of benzene rings is 1. The highest BCUT2D eigenvalue weighted by Gasteiger charge is 2.53. The van der Waals surface area contributed by atoms with Gasteiger partial charge in [-0.2, -0.15) is 5.10 Å². The van der Waals surface area contributed by atoms with E-state index in [1.165, 1.54) is 0 Å². The minimum absolute atomic E-state index is 0.0471. The second kappa shape index (κ2) is 6.62. The van der Waals surface area contributed by atoms with Crippen molar-refractivity contribution in [2.45, 2.75) is 44.6 Å². The molecule has 2 N–H and O–H groups in total. The molecule has 2 heterocycles. The maximum absolute atomic E-state index is 13.0. The maximum Gasteiger partial charge on any atom is 0.274 e. The van der Waals surface area contributed by atoms with Gasteiger partial charge in [0.2, 0.25) is 0 Å². The van der Waals surface area contributed by atoms with Gasteiger partial charge in [0.15, 0.2) is 0 Å². The van der Waals surface area contributed by atoms with Crippen molar-refractivity contribution in [3.05, 3.63) is 47.3 Å². The van der Waals surface area contributed by atoms with E-state index in [1.54, 1.807) is 7.11 Å². The Bertz CT molecular complexity index is 868. The number of aliphatic hydroxyl groups is 1. The van der Waals surface area contributed by atoms with Crippen LogP contribution in [0.2, 0.25) is 0 Å². The number of amides is 1. The molecule has 6 heteroatoms. The van der Waals surface area contributed by atoms with Crippen LogP contribution in [0.4, 0.5) is 0 Å². The average Bonchev–Trinajstić information content (AvgIpc) is 3.38. The Hall–Kier alpha value is -2.34. The summed E-state index contributed by atoms with van der Waals surface area (Å²) in [5.41, 5.74) is 1.34. The zero-order valence-electron chi connectivity index (χ0n) is 17.0. The molecule has 0 bridgehead atoms. The first kappa shape index (κ1) is 19.0. The Balaban J connectivity index is 1.52. The van der Waals surface area contributed by atoms with Gasteiger partial charge in [0.25, 0.3) is 5.91 Å². The molecule has 150 valence electrons. The van der Waals surface area contributed by atoms with Crippen molar-refractivity contribution in [1.82, 2.24) is 15.1 Å². The monoisotopic (exact) mass is 383 g/mol. The summed E-state index contributed by atoms with van der Waals surface area (Å²) < 4.78 is 5.23. The molecule has 4 rings (SSSR count). The van der Waals surface area contributed by atoms with E-state index in [0.717, 1.165) is 29.8 Å². The topological polar surface area (TPSA) is 78.5 Å². The smallest absolute Gasteiger partial charge is 0.274 e. The number of H-pyrrole nitrogens is 1. The van der Waals surface area contributed by atoms with Gasteiger partial charge in [-0.15, -0.1) is 0 Å². The highest BCUT2D eigenvalue weighted by atomic mass is 16.5. The highest BCUT2D eigenvalue weighted by Crippen LogP contribution is 2.50. The molecule has 6 nitrogen and oxygen atoms in total. The molecule has 1 amide bonds. The number of carbonyl (C=O) groups is 1. The Morgan fingerprint density at radius 3 is 2.61 bits per heavy atom. The van der Waals surface area contributed by atoms with Crippen LogP contribution in [0.5, 0.6) is 5.75 Å². The molecule has 0 radical (unpaired) electrons. The minimum atomic E-state index is -0.895. The molecule has 1 saturated heterocycles. The van der Waals surface area contributed by atoms with Gasteiger partial charge in [-0.05, 0) is 42.5 Å². The number of aromatic amines is 1. The quantitative estimate of drug-likeness (QED) is 0.854. The molecular weight excluding hydrogens is 354 g/mol. The number of aromatic nitrogens is 2. The third-order valence-corrected chi connectivity index (χ3v) is 6.43. The Kier molecular flexibility index (Phi) is 4.49. The van der Waals surface area contributed by atoms with Gasteiger partial charge >= 0.3 is 0 Å². The summed E-state index contributed by atoms with van der Waals surface area (Å²) in [6, 6.07) is 9.50. The number of hydrogen-bond acceptors (Lipinski definition) is 4. The van der Waals surface area contributed by atoms with Crippen LogP contribution in [-0.4, -0.2) is 46.3 Å². The SMILES string of the molecule is COc1ccc([C@@]2(O)CC[C@@H]3CN(C(=O)c4cc(C(C)(C)C)[nH]n4)C[C@@H]32)cc1. The van der Waals surface area contributed by atoms with Crippen LogP contribution in [0.25, 0.3) is 0 Å². The van der Waals surface area contributed by atoms with Crippen molar-refractivity contribution in [2.24, 2.45) is 11.8 Å². The summed E-state index contributed by atoms with van der Waals surface area (Å²) in [7, 11) is 1.63. The predicted molar refractivity (Wildman–Crippen MR) is 106 cm³/mol. The molecule has 2 aliphatic rings. The molecule has 0 spiro atoms. The number of nitrogens with zero attached hydrogens (tertiary/aromatic N) is 2. The number of nitrogens with one attached hydrogen (secondary N) is 1. The van der Waals surface area contributed by atoms with Crippen molar-refractivity contribution in [3.63, 3.8) is 0 Å². The Morgan fingerprint density at radius 1 is 1.29 bits per heavy atom. The highest BCUT2D eigenvalue weighted by molar-refractivity contribution is 5.92. The van der Waals surface area contributed by atoms with E-state index in [0.29, 0.717) is 24.7 Å². The molecule has 1 aromatic heterocycles. The van der Waals surface area contributed by atoms with E-state index in [9.17, 15) is 9.90 Å². The third-order valence-electron chi connectivity index (χ3n) is 6.43. The summed E-state index contributed by atoms with van der Waals surface area (Å²) >= 11 is 0. The van der Waals surface area contributed by atoms with Crippen molar-refractivity contribution in [1.29, 1.82) is 0 Å². The van der Waals surface area contributed by atoms with Gasteiger partial charge in [-0.3, -0.25) is 9.89 Å². The second-order valence-corrected chi connectivity index (χ2v) is 9.18. The van der Waals surface area contributed by atoms with Crippen LogP contribution in [0.1, 0.15) is 55.4 Å². The molecule has 0 unspecified atom stereocenters.